The van der Waals surface area contributed by atoms with Crippen LogP contribution in [0.4, 0.5) is 4.79 Å². The average molecular weight is 281 g/mol. The van der Waals surface area contributed by atoms with Crippen LogP contribution in [0.1, 0.15) is 2.85 Å². The molecule has 0 aliphatic carbocycles. The smallest absolute Gasteiger partial charge is 1.00 e. The van der Waals surface area contributed by atoms with Gasteiger partial charge in [-0.05, 0) is 0 Å². The van der Waals surface area contributed by atoms with Gasteiger partial charge in [0.25, 0.3) is 0 Å². The van der Waals surface area contributed by atoms with Gasteiger partial charge in [0.2, 0.25) is 0 Å². The molecule has 8 heavy (non-hydrogen) atoms. The summed E-state index contributed by atoms with van der Waals surface area (Å²) >= 11 is -0.106. The maximum Gasteiger partial charge on any atom is -1.00 e. The molecule has 0 unspecified atom stereocenters. The third-order valence-corrected chi connectivity index (χ3v) is 0. The molecule has 0 atom stereocenters. The Balaban J connectivity index is -0.0000000131. The quantitative estimate of drug-likeness (QED) is 0.661. The van der Waals surface area contributed by atoms with Crippen LogP contribution in [0.5, 0.6) is 0 Å². The molecule has 52 valence electrons. The van der Waals surface area contributed by atoms with Crippen molar-refractivity contribution in [2.45, 2.75) is 0 Å². The van der Waals surface area contributed by atoms with Crippen LogP contribution in [-0.2, 0) is 15.9 Å². The van der Waals surface area contributed by atoms with E-state index >= 15 is 0 Å². The molecule has 0 fully saturated rings. The van der Waals surface area contributed by atoms with Crippen LogP contribution in [0.15, 0.2) is 0 Å². The predicted octanol–water partition coefficient (Wildman–Crippen LogP) is 1.44. The molecule has 0 aromatic carbocycles. The number of rotatable bonds is 0. The summed E-state index contributed by atoms with van der Waals surface area (Å²) in [6.07, 6.45) is -1.83. The second-order valence-electron chi connectivity index (χ2n) is 0.328. The molecule has 0 rings (SSSR count). The minimum absolute atomic E-state index is 0. The predicted molar refractivity (Wildman–Crippen MR) is 30.3 cm³/mol. The Hall–Kier alpha value is 1.77. The van der Waals surface area contributed by atoms with Crippen molar-refractivity contribution in [2.75, 3.05) is 0 Å². The molecule has 0 radical (unpaired) electrons. The summed E-state index contributed by atoms with van der Waals surface area (Å²) in [6, 6.07) is 0. The summed E-state index contributed by atoms with van der Waals surface area (Å²) in [7, 11) is 9.63. The molecule has 0 saturated carbocycles. The van der Waals surface area contributed by atoms with Crippen molar-refractivity contribution in [1.29, 1.82) is 0 Å². The van der Waals surface area contributed by atoms with E-state index in [4.69, 9.17) is 34.1 Å². The fourth-order valence-corrected chi connectivity index (χ4v) is 0. The van der Waals surface area contributed by atoms with Gasteiger partial charge in [0, 0.05) is 0 Å². The zero-order valence-electron chi connectivity index (χ0n) is 5.58. The van der Waals surface area contributed by atoms with Crippen molar-refractivity contribution in [3.63, 3.8) is 0 Å². The van der Waals surface area contributed by atoms with Crippen molar-refractivity contribution in [3.05, 3.63) is 0 Å². The van der Waals surface area contributed by atoms with Crippen molar-refractivity contribution in [1.82, 2.24) is 0 Å². The molecule has 0 saturated heterocycles. The number of hydrogen-bond acceptors (Lipinski definition) is 1. The molecule has 7 heteroatoms. The molecule has 0 bridgehead atoms. The molecular weight excluding hydrogens is 277 g/mol. The first-order valence-electron chi connectivity index (χ1n) is 0.890. The molecule has 0 aliphatic rings. The standard InChI is InChI=1S/CH2O3.Ca.2ClH.Pd.2H/c2-1(3)4;;;;;;/h(H2,2,3,4);;2*1H;;;/q;+2;;;+2;2*-1/p-2. The van der Waals surface area contributed by atoms with Gasteiger partial charge in [0.05, 0.1) is 0 Å². The summed E-state index contributed by atoms with van der Waals surface area (Å²) in [5.41, 5.74) is 0. The van der Waals surface area contributed by atoms with Crippen LogP contribution in [0.3, 0.4) is 0 Å². The van der Waals surface area contributed by atoms with Crippen LogP contribution in [0.2, 0.25) is 0 Å². The molecule has 0 heterocycles. The van der Waals surface area contributed by atoms with Crippen molar-refractivity contribution in [3.8, 4) is 0 Å². The van der Waals surface area contributed by atoms with Gasteiger partial charge in [-0.1, -0.05) is 0 Å². The summed E-state index contributed by atoms with van der Waals surface area (Å²) in [5, 5.41) is 13.9. The molecule has 0 aromatic heterocycles. The molecule has 3 nitrogen and oxygen atoms in total. The monoisotopic (exact) mass is 280 g/mol. The van der Waals surface area contributed by atoms with Crippen molar-refractivity contribution in [2.24, 2.45) is 0 Å². The Morgan fingerprint density at radius 1 is 1.50 bits per heavy atom. The van der Waals surface area contributed by atoms with E-state index < -0.39 is 6.16 Å². The van der Waals surface area contributed by atoms with Crippen LogP contribution in [0, 0.1) is 0 Å². The Bertz CT molecular complexity index is 55.8. The van der Waals surface area contributed by atoms with E-state index in [0.717, 1.165) is 0 Å². The fraction of sp³-hybridized carbons (Fsp3) is 0. The first kappa shape index (κ1) is 16.4. The molecule has 0 amide bonds. The zero-order chi connectivity index (χ0) is 6.28. The van der Waals surface area contributed by atoms with Gasteiger partial charge in [-0.2, -0.15) is 0 Å². The maximum atomic E-state index is 8.56. The average Bonchev–Trinajstić information content (AvgIpc) is 1.33. The van der Waals surface area contributed by atoms with Gasteiger partial charge in [-0.3, -0.25) is 0 Å². The Morgan fingerprint density at radius 2 is 1.50 bits per heavy atom. The number of halogens is 2. The van der Waals surface area contributed by atoms with Crippen LogP contribution in [0.25, 0.3) is 0 Å². The maximum absolute atomic E-state index is 8.56. The van der Waals surface area contributed by atoms with Gasteiger partial charge in [-0.25, -0.2) is 4.79 Å². The van der Waals surface area contributed by atoms with Gasteiger partial charge in [0.15, 0.2) is 0 Å². The van der Waals surface area contributed by atoms with Gasteiger partial charge in [0.1, 0.15) is 0 Å². The van der Waals surface area contributed by atoms with Gasteiger partial charge < -0.3 is 13.1 Å². The Labute approximate surface area is 95.4 Å². The number of carboxylic acid groups (broad SMARTS) is 2. The Kier molecular flexibility index (Phi) is 32.6. The minimum Gasteiger partial charge on any atom is -1.00 e. The van der Waals surface area contributed by atoms with Crippen molar-refractivity contribution < 1.29 is 33.8 Å². The van der Waals surface area contributed by atoms with E-state index in [0.29, 0.717) is 0 Å². The Morgan fingerprint density at radius 3 is 1.50 bits per heavy atom. The zero-order valence-corrected chi connectivity index (χ0v) is 8.86. The number of carbonyl (C=O) groups is 1. The molecule has 2 N–H and O–H groups in total. The van der Waals surface area contributed by atoms with E-state index in [1.165, 1.54) is 0 Å². The van der Waals surface area contributed by atoms with E-state index in [9.17, 15) is 0 Å². The largest absolute Gasteiger partial charge is 1.00 e. The van der Waals surface area contributed by atoms with E-state index in [1.807, 2.05) is 0 Å². The molecule has 0 aliphatic heterocycles. The second-order valence-corrected chi connectivity index (χ2v) is 2.69. The topological polar surface area (TPSA) is 57.5 Å². The third kappa shape index (κ3) is 114. The number of hydrogen-bond donors (Lipinski definition) is 2. The first-order chi connectivity index (χ1) is 3.15. The summed E-state index contributed by atoms with van der Waals surface area (Å²) in [4.78, 5) is 8.56. The fourth-order valence-electron chi connectivity index (χ4n) is 0. The van der Waals surface area contributed by atoms with Gasteiger partial charge >= 0.3 is 78.9 Å². The second kappa shape index (κ2) is 15.9. The van der Waals surface area contributed by atoms with Gasteiger partial charge in [-0.15, -0.1) is 0 Å². The molecular formula is CH4CaCl2O3Pd. The normalized spacial score (nSPS) is 5.75. The van der Waals surface area contributed by atoms with Crippen LogP contribution < -0.4 is 0 Å². The van der Waals surface area contributed by atoms with E-state index in [2.05, 4.69) is 0 Å². The van der Waals surface area contributed by atoms with Crippen molar-refractivity contribution >= 4 is 63.0 Å². The minimum atomic E-state index is -1.83. The summed E-state index contributed by atoms with van der Waals surface area (Å²) in [5.74, 6) is 0. The summed E-state index contributed by atoms with van der Waals surface area (Å²) in [6.45, 7) is 0. The SMILES string of the molecule is O=C(O)O.[Ca+2].[Cl][Pd][Cl].[H-].[H-]. The third-order valence-electron chi connectivity index (χ3n) is 0. The summed E-state index contributed by atoms with van der Waals surface area (Å²) < 4.78 is 0. The van der Waals surface area contributed by atoms with E-state index in [1.54, 1.807) is 0 Å². The van der Waals surface area contributed by atoms with Crippen LogP contribution >= 0.6 is 19.1 Å². The first-order valence-corrected chi connectivity index (χ1v) is 4.89. The molecule has 0 spiro atoms. The van der Waals surface area contributed by atoms with E-state index in [-0.39, 0.29) is 56.5 Å². The molecule has 0 aromatic rings. The van der Waals surface area contributed by atoms with Crippen LogP contribution in [-0.4, -0.2) is 54.1 Å².